The van der Waals surface area contributed by atoms with E-state index in [2.05, 4.69) is 18.4 Å². The number of carbonyl (C=O) groups excluding carboxylic acids is 2. The highest BCUT2D eigenvalue weighted by atomic mass is 31.2. The minimum atomic E-state index is -4.75. The third-order valence-electron chi connectivity index (χ3n) is 12.1. The third kappa shape index (κ3) is 49.7. The maximum absolute atomic E-state index is 12.5. The fraction of sp³-hybridized carbons (Fsp3) is 0.961. The van der Waals surface area contributed by atoms with Crippen LogP contribution in [0.4, 0.5) is 0 Å². The molecule has 0 unspecified atom stereocenters. The van der Waals surface area contributed by atoms with E-state index in [9.17, 15) is 14.2 Å². The van der Waals surface area contributed by atoms with Gasteiger partial charge in [0, 0.05) is 12.8 Å². The van der Waals surface area contributed by atoms with E-state index in [0.717, 1.165) is 32.1 Å². The topological polar surface area (TPSA) is 119 Å². The predicted octanol–water partition coefficient (Wildman–Crippen LogP) is 16.8. The van der Waals surface area contributed by atoms with Crippen molar-refractivity contribution in [3.05, 3.63) is 0 Å². The molecule has 0 saturated heterocycles. The van der Waals surface area contributed by atoms with Gasteiger partial charge in [-0.15, -0.1) is 0 Å². The normalized spacial score (nSPS) is 12.3. The number of esters is 2. The van der Waals surface area contributed by atoms with Crippen LogP contribution in [0, 0.1) is 0 Å². The van der Waals surface area contributed by atoms with Gasteiger partial charge in [-0.05, 0) is 12.8 Å². The maximum atomic E-state index is 12.5. The SMILES string of the molecule is CCCCCCCCCCCCCCCCCCCCCCCCCC(=O)OC[C@H](COP(=O)(O)O)OC(=O)CCCCCCCCCCCCCCCCCCCCC. The second kappa shape index (κ2) is 47.5. The van der Waals surface area contributed by atoms with Crippen molar-refractivity contribution in [3.8, 4) is 0 Å². The third-order valence-corrected chi connectivity index (χ3v) is 12.6. The maximum Gasteiger partial charge on any atom is 0.469 e. The van der Waals surface area contributed by atoms with Gasteiger partial charge < -0.3 is 19.3 Å². The Hall–Kier alpha value is -0.950. The Labute approximate surface area is 372 Å². The van der Waals surface area contributed by atoms with Crippen molar-refractivity contribution in [2.45, 2.75) is 302 Å². The molecule has 0 aromatic carbocycles. The quantitative estimate of drug-likeness (QED) is 0.0352. The molecule has 0 saturated carbocycles. The van der Waals surface area contributed by atoms with Gasteiger partial charge in [-0.3, -0.25) is 14.1 Å². The first-order chi connectivity index (χ1) is 29.3. The van der Waals surface area contributed by atoms with Crippen molar-refractivity contribution in [2.24, 2.45) is 0 Å². The number of ether oxygens (including phenoxy) is 2. The average Bonchev–Trinajstić information content (AvgIpc) is 3.22. The lowest BCUT2D eigenvalue weighted by molar-refractivity contribution is -0.161. The van der Waals surface area contributed by atoms with Crippen LogP contribution in [0.25, 0.3) is 0 Å². The van der Waals surface area contributed by atoms with E-state index in [-0.39, 0.29) is 19.4 Å². The zero-order valence-corrected chi connectivity index (χ0v) is 40.8. The molecule has 358 valence electrons. The molecule has 0 aromatic heterocycles. The molecule has 2 N–H and O–H groups in total. The summed E-state index contributed by atoms with van der Waals surface area (Å²) in [6.45, 7) is 3.76. The molecule has 0 spiro atoms. The average molecular weight is 873 g/mol. The Morgan fingerprint density at radius 1 is 0.367 bits per heavy atom. The minimum absolute atomic E-state index is 0.221. The molecule has 60 heavy (non-hydrogen) atoms. The minimum Gasteiger partial charge on any atom is -0.462 e. The molecule has 0 aliphatic rings. The smallest absolute Gasteiger partial charge is 0.462 e. The van der Waals surface area contributed by atoms with E-state index in [0.29, 0.717) is 6.42 Å². The van der Waals surface area contributed by atoms with Crippen LogP contribution in [0.3, 0.4) is 0 Å². The Morgan fingerprint density at radius 2 is 0.600 bits per heavy atom. The van der Waals surface area contributed by atoms with Gasteiger partial charge in [0.2, 0.25) is 0 Å². The summed E-state index contributed by atoms with van der Waals surface area (Å²) in [7, 11) is -4.75. The van der Waals surface area contributed by atoms with Crippen molar-refractivity contribution in [1.29, 1.82) is 0 Å². The second-order valence-corrected chi connectivity index (χ2v) is 19.5. The highest BCUT2D eigenvalue weighted by Crippen LogP contribution is 2.36. The van der Waals surface area contributed by atoms with Gasteiger partial charge in [0.1, 0.15) is 6.61 Å². The van der Waals surface area contributed by atoms with Crippen LogP contribution in [-0.2, 0) is 28.2 Å². The number of phosphoric acid groups is 1. The van der Waals surface area contributed by atoms with E-state index in [4.69, 9.17) is 19.3 Å². The lowest BCUT2D eigenvalue weighted by Crippen LogP contribution is -2.29. The molecular weight excluding hydrogens is 772 g/mol. The molecule has 0 aliphatic heterocycles. The van der Waals surface area contributed by atoms with Gasteiger partial charge in [-0.2, -0.15) is 0 Å². The van der Waals surface area contributed by atoms with Gasteiger partial charge >= 0.3 is 19.8 Å². The van der Waals surface area contributed by atoms with E-state index in [1.807, 2.05) is 0 Å². The Balaban J connectivity index is 3.73. The van der Waals surface area contributed by atoms with Crippen LogP contribution in [0.1, 0.15) is 296 Å². The summed E-state index contributed by atoms with van der Waals surface area (Å²) in [5, 5.41) is 0. The van der Waals surface area contributed by atoms with Crippen molar-refractivity contribution >= 4 is 19.8 Å². The highest BCUT2D eigenvalue weighted by Gasteiger charge is 2.23. The van der Waals surface area contributed by atoms with Crippen molar-refractivity contribution in [1.82, 2.24) is 0 Å². The molecule has 0 radical (unpaired) electrons. The summed E-state index contributed by atoms with van der Waals surface area (Å²) in [6, 6.07) is 0. The van der Waals surface area contributed by atoms with Gasteiger partial charge in [0.15, 0.2) is 6.10 Å². The van der Waals surface area contributed by atoms with Gasteiger partial charge in [0.25, 0.3) is 0 Å². The summed E-state index contributed by atoms with van der Waals surface area (Å²) >= 11 is 0. The zero-order valence-electron chi connectivity index (χ0n) is 39.9. The van der Waals surface area contributed by atoms with Crippen LogP contribution in [0.2, 0.25) is 0 Å². The first kappa shape index (κ1) is 59.0. The fourth-order valence-corrected chi connectivity index (χ4v) is 8.56. The number of hydrogen-bond acceptors (Lipinski definition) is 6. The van der Waals surface area contributed by atoms with Crippen LogP contribution in [0.15, 0.2) is 0 Å². The monoisotopic (exact) mass is 873 g/mol. The lowest BCUT2D eigenvalue weighted by atomic mass is 10.0. The molecule has 0 heterocycles. The Kier molecular flexibility index (Phi) is 46.8. The lowest BCUT2D eigenvalue weighted by Gasteiger charge is -2.18. The molecule has 0 amide bonds. The molecule has 1 atom stereocenters. The number of phosphoric ester groups is 1. The second-order valence-electron chi connectivity index (χ2n) is 18.2. The van der Waals surface area contributed by atoms with Crippen LogP contribution in [0.5, 0.6) is 0 Å². The predicted molar refractivity (Wildman–Crippen MR) is 253 cm³/mol. The number of rotatable bonds is 50. The summed E-state index contributed by atoms with van der Waals surface area (Å²) in [4.78, 5) is 43.1. The Morgan fingerprint density at radius 3 is 0.850 bits per heavy atom. The molecule has 0 bridgehead atoms. The van der Waals surface area contributed by atoms with Crippen LogP contribution >= 0.6 is 7.82 Å². The van der Waals surface area contributed by atoms with Crippen LogP contribution in [-0.4, -0.2) is 41.0 Å². The first-order valence-corrected chi connectivity index (χ1v) is 27.9. The standard InChI is InChI=1S/C51H101O8P/c1-3-5-7-9-11-13-15-17-19-21-23-24-25-26-28-29-31-33-35-37-39-41-43-45-50(52)57-47-49(48-58-60(54,55)56)59-51(53)46-44-42-40-38-36-34-32-30-27-22-20-18-16-14-12-10-8-6-4-2/h49H,3-48H2,1-2H3,(H2,54,55,56)/t49-/m1/s1. The summed E-state index contributed by atoms with van der Waals surface area (Å²) in [5.41, 5.74) is 0. The van der Waals surface area contributed by atoms with E-state index in [1.165, 1.54) is 231 Å². The molecule has 0 aliphatic carbocycles. The molecular formula is C51H101O8P. The highest BCUT2D eigenvalue weighted by molar-refractivity contribution is 7.46. The van der Waals surface area contributed by atoms with Crippen molar-refractivity contribution < 1.29 is 37.9 Å². The summed E-state index contributed by atoms with van der Waals surface area (Å²) in [6.07, 6.45) is 54.1. The molecule has 0 fully saturated rings. The largest absolute Gasteiger partial charge is 0.469 e. The van der Waals surface area contributed by atoms with E-state index in [1.54, 1.807) is 0 Å². The summed E-state index contributed by atoms with van der Waals surface area (Å²) in [5.74, 6) is -0.860. The molecule has 8 nitrogen and oxygen atoms in total. The number of carbonyl (C=O) groups is 2. The van der Waals surface area contributed by atoms with E-state index < -0.39 is 32.5 Å². The first-order valence-electron chi connectivity index (χ1n) is 26.3. The molecule has 0 aromatic rings. The van der Waals surface area contributed by atoms with Crippen molar-refractivity contribution in [3.63, 3.8) is 0 Å². The van der Waals surface area contributed by atoms with Gasteiger partial charge in [0.05, 0.1) is 6.61 Å². The Bertz CT molecular complexity index is 940. The number of hydrogen-bond donors (Lipinski definition) is 2. The van der Waals surface area contributed by atoms with Gasteiger partial charge in [-0.25, -0.2) is 4.57 Å². The molecule has 9 heteroatoms. The van der Waals surface area contributed by atoms with Gasteiger partial charge in [-0.1, -0.05) is 271 Å². The van der Waals surface area contributed by atoms with Crippen LogP contribution < -0.4 is 0 Å². The number of unbranched alkanes of at least 4 members (excludes halogenated alkanes) is 40. The van der Waals surface area contributed by atoms with E-state index >= 15 is 0 Å². The van der Waals surface area contributed by atoms with Crippen molar-refractivity contribution in [2.75, 3.05) is 13.2 Å². The summed E-state index contributed by atoms with van der Waals surface area (Å²) < 4.78 is 26.6. The fourth-order valence-electron chi connectivity index (χ4n) is 8.20. The zero-order chi connectivity index (χ0) is 43.9. The molecule has 0 rings (SSSR count).